The first-order chi connectivity index (χ1) is 8.15. The Balaban J connectivity index is 2.51. The van der Waals surface area contributed by atoms with Crippen molar-refractivity contribution in [2.24, 2.45) is 5.16 Å². The molecule has 17 heavy (non-hydrogen) atoms. The molecule has 1 rings (SSSR count). The quantitative estimate of drug-likeness (QED) is 0.461. The number of esters is 1. The van der Waals surface area contributed by atoms with Crippen LogP contribution in [0.4, 0.5) is 0 Å². The second-order valence-corrected chi connectivity index (χ2v) is 3.59. The first-order valence-electron chi connectivity index (χ1n) is 5.16. The summed E-state index contributed by atoms with van der Waals surface area (Å²) in [7, 11) is 0. The van der Waals surface area contributed by atoms with Crippen LogP contribution in [-0.4, -0.2) is 24.9 Å². The van der Waals surface area contributed by atoms with Crippen molar-refractivity contribution in [3.8, 4) is 0 Å². The molecule has 0 saturated carbocycles. The lowest BCUT2D eigenvalue weighted by molar-refractivity contribution is -0.155. The van der Waals surface area contributed by atoms with E-state index in [1.165, 1.54) is 6.21 Å². The third-order valence-corrected chi connectivity index (χ3v) is 2.21. The number of hydrogen-bond acceptors (Lipinski definition) is 4. The maximum Gasteiger partial charge on any atom is 0.349 e. The van der Waals surface area contributed by atoms with E-state index in [9.17, 15) is 4.79 Å². The van der Waals surface area contributed by atoms with E-state index in [-0.39, 0.29) is 0 Å². The molecule has 0 aliphatic heterocycles. The van der Waals surface area contributed by atoms with E-state index in [0.29, 0.717) is 17.2 Å². The Kier molecular flexibility index (Phi) is 5.49. The monoisotopic (exact) mass is 254 g/mol. The van der Waals surface area contributed by atoms with Gasteiger partial charge in [0.1, 0.15) is 0 Å². The molecule has 0 heterocycles. The topological polar surface area (TPSA) is 47.9 Å². The van der Waals surface area contributed by atoms with Gasteiger partial charge < -0.3 is 9.57 Å². The molecule has 1 radical (unpaired) electrons. The summed E-state index contributed by atoms with van der Waals surface area (Å²) < 4.78 is 4.76. The number of hydrogen-bond donors (Lipinski definition) is 0. The van der Waals surface area contributed by atoms with Crippen LogP contribution in [-0.2, 0) is 14.4 Å². The fourth-order valence-electron chi connectivity index (χ4n) is 1.00. The van der Waals surface area contributed by atoms with E-state index in [1.807, 2.05) is 0 Å². The molecular formula is C12H13ClNO3. The fourth-order valence-corrected chi connectivity index (χ4v) is 1.17. The number of oxime groups is 1. The average molecular weight is 255 g/mol. The van der Waals surface area contributed by atoms with Crippen LogP contribution in [0.25, 0.3) is 0 Å². The molecule has 0 bridgehead atoms. The molecule has 0 N–H and O–H groups in total. The minimum atomic E-state index is -0.738. The van der Waals surface area contributed by atoms with Crippen LogP contribution in [0.2, 0.25) is 5.02 Å². The largest absolute Gasteiger partial charge is 0.463 e. The maximum atomic E-state index is 11.2. The summed E-state index contributed by atoms with van der Waals surface area (Å²) in [5.41, 5.74) is 0.672. The van der Waals surface area contributed by atoms with Crippen LogP contribution in [0.3, 0.4) is 0 Å². The highest BCUT2D eigenvalue weighted by atomic mass is 35.5. The van der Waals surface area contributed by atoms with Crippen molar-refractivity contribution in [2.45, 2.75) is 20.0 Å². The van der Waals surface area contributed by atoms with Gasteiger partial charge in [0.05, 0.1) is 12.8 Å². The smallest absolute Gasteiger partial charge is 0.349 e. The minimum absolute atomic E-state index is 0.315. The summed E-state index contributed by atoms with van der Waals surface area (Å²) in [6.45, 7) is 3.61. The van der Waals surface area contributed by atoms with Gasteiger partial charge >= 0.3 is 5.97 Å². The molecule has 5 heteroatoms. The first kappa shape index (κ1) is 13.5. The number of rotatable bonds is 5. The lowest BCUT2D eigenvalue weighted by Gasteiger charge is -2.07. The van der Waals surface area contributed by atoms with E-state index in [4.69, 9.17) is 21.2 Å². The van der Waals surface area contributed by atoms with E-state index in [1.54, 1.807) is 32.0 Å². The van der Waals surface area contributed by atoms with Gasteiger partial charge in [-0.3, -0.25) is 0 Å². The molecule has 4 nitrogen and oxygen atoms in total. The average Bonchev–Trinajstić information content (AvgIpc) is 2.31. The lowest BCUT2D eigenvalue weighted by Crippen LogP contribution is -2.21. The van der Waals surface area contributed by atoms with E-state index < -0.39 is 12.1 Å². The number of halogens is 1. The van der Waals surface area contributed by atoms with Crippen molar-refractivity contribution < 1.29 is 14.4 Å². The highest BCUT2D eigenvalue weighted by molar-refractivity contribution is 6.33. The Hall–Kier alpha value is -1.55. The normalized spacial score (nSPS) is 12.4. The summed E-state index contributed by atoms with van der Waals surface area (Å²) in [6.07, 6.45) is 0.687. The van der Waals surface area contributed by atoms with Gasteiger partial charge in [0, 0.05) is 10.6 Å². The summed E-state index contributed by atoms with van der Waals surface area (Å²) in [6, 6.07) is 7.92. The number of benzene rings is 1. The van der Waals surface area contributed by atoms with Gasteiger partial charge in [-0.15, -0.1) is 0 Å². The van der Waals surface area contributed by atoms with Crippen molar-refractivity contribution in [1.29, 1.82) is 0 Å². The molecule has 0 aliphatic rings. The summed E-state index contributed by atoms with van der Waals surface area (Å²) >= 11 is 5.89. The van der Waals surface area contributed by atoms with Crippen LogP contribution < -0.4 is 0 Å². The Morgan fingerprint density at radius 3 is 3.12 bits per heavy atom. The van der Waals surface area contributed by atoms with Crippen molar-refractivity contribution >= 4 is 23.8 Å². The van der Waals surface area contributed by atoms with Gasteiger partial charge in [-0.25, -0.2) is 4.79 Å². The van der Waals surface area contributed by atoms with Crippen LogP contribution in [0.1, 0.15) is 19.4 Å². The lowest BCUT2D eigenvalue weighted by atomic mass is 10.2. The third-order valence-electron chi connectivity index (χ3n) is 1.87. The molecule has 0 spiro atoms. The highest BCUT2D eigenvalue weighted by Gasteiger charge is 2.14. The SMILES string of the molecule is CCOC(=O)C(C)ON=Cc1c[c]ccc1Cl. The molecule has 0 saturated heterocycles. The molecule has 0 amide bonds. The number of ether oxygens (including phenoxy) is 1. The van der Waals surface area contributed by atoms with Crippen LogP contribution in [0.5, 0.6) is 0 Å². The van der Waals surface area contributed by atoms with Gasteiger partial charge in [0.25, 0.3) is 0 Å². The Labute approximate surface area is 105 Å². The summed E-state index contributed by atoms with van der Waals surface area (Å²) in [5, 5.41) is 4.22. The highest BCUT2D eigenvalue weighted by Crippen LogP contribution is 2.12. The van der Waals surface area contributed by atoms with Crippen LogP contribution in [0.15, 0.2) is 23.4 Å². The molecule has 1 unspecified atom stereocenters. The van der Waals surface area contributed by atoms with E-state index in [2.05, 4.69) is 11.2 Å². The zero-order valence-electron chi connectivity index (χ0n) is 9.64. The zero-order valence-corrected chi connectivity index (χ0v) is 10.4. The van der Waals surface area contributed by atoms with Gasteiger partial charge in [0.2, 0.25) is 6.10 Å². The molecule has 1 aromatic carbocycles. The van der Waals surface area contributed by atoms with Crippen molar-refractivity contribution in [3.05, 3.63) is 34.9 Å². The van der Waals surface area contributed by atoms with Crippen molar-refractivity contribution in [3.63, 3.8) is 0 Å². The molecule has 91 valence electrons. The standard InChI is InChI=1S/C12H13ClNO3/c1-3-16-12(15)9(2)17-14-8-10-6-4-5-7-11(10)13/h5-9H,3H2,1-2H3. The fraction of sp³-hybridized carbons (Fsp3) is 0.333. The van der Waals surface area contributed by atoms with Crippen molar-refractivity contribution in [2.75, 3.05) is 6.61 Å². The van der Waals surface area contributed by atoms with Gasteiger partial charge in [-0.05, 0) is 32.0 Å². The van der Waals surface area contributed by atoms with E-state index in [0.717, 1.165) is 0 Å². The van der Waals surface area contributed by atoms with Crippen molar-refractivity contribution in [1.82, 2.24) is 0 Å². The predicted octanol–water partition coefficient (Wildman–Crippen LogP) is 2.44. The molecule has 0 aromatic heterocycles. The van der Waals surface area contributed by atoms with E-state index >= 15 is 0 Å². The van der Waals surface area contributed by atoms with Gasteiger partial charge in [-0.2, -0.15) is 0 Å². The predicted molar refractivity (Wildman–Crippen MR) is 65.1 cm³/mol. The van der Waals surface area contributed by atoms with Gasteiger partial charge in [0.15, 0.2) is 0 Å². The minimum Gasteiger partial charge on any atom is -0.463 e. The Morgan fingerprint density at radius 1 is 1.71 bits per heavy atom. The van der Waals surface area contributed by atoms with Crippen LogP contribution >= 0.6 is 11.6 Å². The Morgan fingerprint density at radius 2 is 2.47 bits per heavy atom. The first-order valence-corrected chi connectivity index (χ1v) is 5.54. The Bertz CT molecular complexity index is 406. The summed E-state index contributed by atoms with van der Waals surface area (Å²) in [4.78, 5) is 16.1. The molecular weight excluding hydrogens is 242 g/mol. The zero-order chi connectivity index (χ0) is 12.7. The third kappa shape index (κ3) is 4.44. The van der Waals surface area contributed by atoms with Gasteiger partial charge in [-0.1, -0.05) is 22.8 Å². The molecule has 0 fully saturated rings. The molecule has 1 atom stereocenters. The number of carbonyl (C=O) groups excluding carboxylic acids is 1. The second kappa shape index (κ2) is 6.91. The maximum absolute atomic E-state index is 11.2. The second-order valence-electron chi connectivity index (χ2n) is 3.18. The number of carbonyl (C=O) groups is 1. The van der Waals surface area contributed by atoms with Crippen LogP contribution in [0, 0.1) is 6.07 Å². The summed E-state index contributed by atoms with van der Waals surface area (Å²) in [5.74, 6) is -0.449. The molecule has 1 aromatic rings. The molecule has 0 aliphatic carbocycles. The number of nitrogens with zero attached hydrogens (tertiary/aromatic N) is 1.